The number of hydrogen-bond acceptors (Lipinski definition) is 5. The van der Waals surface area contributed by atoms with Crippen LogP contribution in [0.25, 0.3) is 0 Å². The van der Waals surface area contributed by atoms with E-state index in [9.17, 15) is 4.79 Å². The Morgan fingerprint density at radius 3 is 2.38 bits per heavy atom. The van der Waals surface area contributed by atoms with E-state index in [-0.39, 0.29) is 11.6 Å². The van der Waals surface area contributed by atoms with Gasteiger partial charge < -0.3 is 15.5 Å². The van der Waals surface area contributed by atoms with Crippen LogP contribution in [0, 0.1) is 0 Å². The number of amides is 1. The van der Waals surface area contributed by atoms with Crippen LogP contribution in [-0.2, 0) is 0 Å². The second-order valence-electron chi connectivity index (χ2n) is 5.15. The van der Waals surface area contributed by atoms with Gasteiger partial charge in [0.1, 0.15) is 0 Å². The zero-order valence-corrected chi connectivity index (χ0v) is 14.1. The number of benzene rings is 1. The molecule has 0 aliphatic heterocycles. The Bertz CT molecular complexity index is 663. The van der Waals surface area contributed by atoms with Gasteiger partial charge in [0.05, 0.1) is 0 Å². The molecule has 2 N–H and O–H groups in total. The summed E-state index contributed by atoms with van der Waals surface area (Å²) < 4.78 is 0. The van der Waals surface area contributed by atoms with Gasteiger partial charge in [0.15, 0.2) is 11.5 Å². The number of hydrogen-bond donors (Lipinski definition) is 2. The smallest absolute Gasteiger partial charge is 0.272 e. The molecule has 24 heavy (non-hydrogen) atoms. The molecule has 2 aromatic rings. The van der Waals surface area contributed by atoms with Crippen LogP contribution >= 0.6 is 0 Å². The number of carbonyl (C=O) groups is 1. The predicted octanol–water partition coefficient (Wildman–Crippen LogP) is 2.98. The molecule has 0 bridgehead atoms. The molecule has 6 nitrogen and oxygen atoms in total. The highest BCUT2D eigenvalue weighted by Crippen LogP contribution is 2.20. The summed E-state index contributed by atoms with van der Waals surface area (Å²) in [6.07, 6.45) is 1.61. The summed E-state index contributed by atoms with van der Waals surface area (Å²) in [5, 5.41) is 13.8. The summed E-state index contributed by atoms with van der Waals surface area (Å²) in [6, 6.07) is 11.5. The molecule has 6 heteroatoms. The maximum atomic E-state index is 11.7. The minimum absolute atomic E-state index is 0.266. The van der Waals surface area contributed by atoms with Crippen LogP contribution in [0.4, 0.5) is 17.2 Å². The van der Waals surface area contributed by atoms with Gasteiger partial charge in [0.2, 0.25) is 0 Å². The summed E-state index contributed by atoms with van der Waals surface area (Å²) in [6.45, 7) is 10.2. The van der Waals surface area contributed by atoms with Gasteiger partial charge in [-0.3, -0.25) is 4.79 Å². The standard InChI is InChI=1S/C18H23N5O/c1-4-13-19-18(24)16-11-12-17(22-21-16)20-14-7-9-15(10-8-14)23(5-2)6-3/h4,7-12H,1,5-6,13H2,2-3H3,(H,19,24)(H,20,22). The van der Waals surface area contributed by atoms with Crippen molar-refractivity contribution >= 4 is 23.1 Å². The Morgan fingerprint density at radius 2 is 1.83 bits per heavy atom. The summed E-state index contributed by atoms with van der Waals surface area (Å²) >= 11 is 0. The number of rotatable bonds is 8. The molecule has 0 fully saturated rings. The van der Waals surface area contributed by atoms with Crippen molar-refractivity contribution in [1.29, 1.82) is 0 Å². The van der Waals surface area contributed by atoms with Gasteiger partial charge in [0.25, 0.3) is 5.91 Å². The van der Waals surface area contributed by atoms with Crippen molar-refractivity contribution in [2.24, 2.45) is 0 Å². The van der Waals surface area contributed by atoms with Gasteiger partial charge in [-0.1, -0.05) is 6.08 Å². The maximum Gasteiger partial charge on any atom is 0.272 e. The Hall–Kier alpha value is -2.89. The van der Waals surface area contributed by atoms with Crippen molar-refractivity contribution in [3.63, 3.8) is 0 Å². The summed E-state index contributed by atoms with van der Waals surface area (Å²) in [5.74, 6) is 0.323. The van der Waals surface area contributed by atoms with Crippen LogP contribution in [0.15, 0.2) is 49.1 Å². The van der Waals surface area contributed by atoms with Crippen molar-refractivity contribution in [2.45, 2.75) is 13.8 Å². The molecule has 0 spiro atoms. The third-order valence-electron chi connectivity index (χ3n) is 3.57. The molecule has 0 unspecified atom stereocenters. The Labute approximate surface area is 142 Å². The van der Waals surface area contributed by atoms with Crippen LogP contribution in [0.5, 0.6) is 0 Å². The van der Waals surface area contributed by atoms with Crippen molar-refractivity contribution in [3.8, 4) is 0 Å². The molecule has 1 amide bonds. The molecule has 126 valence electrons. The third-order valence-corrected chi connectivity index (χ3v) is 3.57. The second-order valence-corrected chi connectivity index (χ2v) is 5.15. The van der Waals surface area contributed by atoms with Crippen LogP contribution < -0.4 is 15.5 Å². The van der Waals surface area contributed by atoms with Crippen LogP contribution in [0.1, 0.15) is 24.3 Å². The molecule has 0 atom stereocenters. The first-order valence-corrected chi connectivity index (χ1v) is 8.02. The van der Waals surface area contributed by atoms with Crippen molar-refractivity contribution in [3.05, 3.63) is 54.7 Å². The first kappa shape index (κ1) is 17.5. The Kier molecular flexibility index (Phi) is 6.31. The highest BCUT2D eigenvalue weighted by molar-refractivity contribution is 5.92. The predicted molar refractivity (Wildman–Crippen MR) is 97.8 cm³/mol. The van der Waals surface area contributed by atoms with Crippen molar-refractivity contribution in [1.82, 2.24) is 15.5 Å². The first-order valence-electron chi connectivity index (χ1n) is 8.02. The van der Waals surface area contributed by atoms with E-state index in [0.717, 1.165) is 18.8 Å². The Balaban J connectivity index is 2.00. The number of anilines is 3. The second kappa shape index (κ2) is 8.67. The fraction of sp³-hybridized carbons (Fsp3) is 0.278. The number of nitrogens with zero attached hydrogens (tertiary/aromatic N) is 3. The largest absolute Gasteiger partial charge is 0.372 e. The summed E-state index contributed by atoms with van der Waals surface area (Å²) in [5.41, 5.74) is 2.38. The lowest BCUT2D eigenvalue weighted by Crippen LogP contribution is -2.24. The van der Waals surface area contributed by atoms with E-state index in [4.69, 9.17) is 0 Å². The van der Waals surface area contributed by atoms with Crippen LogP contribution in [0.3, 0.4) is 0 Å². The van der Waals surface area contributed by atoms with Crippen LogP contribution in [0.2, 0.25) is 0 Å². The molecule has 2 rings (SSSR count). The van der Waals surface area contributed by atoms with E-state index < -0.39 is 0 Å². The zero-order chi connectivity index (χ0) is 17.4. The third kappa shape index (κ3) is 4.55. The normalized spacial score (nSPS) is 10.1. The molecule has 0 saturated carbocycles. The minimum atomic E-state index is -0.266. The topological polar surface area (TPSA) is 70.2 Å². The van der Waals surface area contributed by atoms with Gasteiger partial charge in [-0.25, -0.2) is 0 Å². The molecule has 1 aromatic heterocycles. The average Bonchev–Trinajstić information content (AvgIpc) is 2.62. The van der Waals surface area contributed by atoms with Gasteiger partial charge in [-0.15, -0.1) is 16.8 Å². The van der Waals surface area contributed by atoms with Crippen LogP contribution in [-0.4, -0.2) is 35.7 Å². The fourth-order valence-corrected chi connectivity index (χ4v) is 2.27. The lowest BCUT2D eigenvalue weighted by atomic mass is 10.2. The molecule has 0 saturated heterocycles. The number of nitrogens with one attached hydrogen (secondary N) is 2. The number of carbonyl (C=O) groups excluding carboxylic acids is 1. The SMILES string of the molecule is C=CCNC(=O)c1ccc(Nc2ccc(N(CC)CC)cc2)nn1. The number of aromatic nitrogens is 2. The first-order chi connectivity index (χ1) is 11.7. The van der Waals surface area contributed by atoms with E-state index >= 15 is 0 Å². The molecule has 1 heterocycles. The van der Waals surface area contributed by atoms with E-state index in [2.05, 4.69) is 58.3 Å². The van der Waals surface area contributed by atoms with Gasteiger partial charge in [-0.2, -0.15) is 0 Å². The van der Waals surface area contributed by atoms with E-state index in [1.54, 1.807) is 18.2 Å². The van der Waals surface area contributed by atoms with E-state index in [1.807, 2.05) is 12.1 Å². The molecule has 0 radical (unpaired) electrons. The zero-order valence-electron chi connectivity index (χ0n) is 14.1. The highest BCUT2D eigenvalue weighted by Gasteiger charge is 2.07. The minimum Gasteiger partial charge on any atom is -0.372 e. The molecule has 1 aromatic carbocycles. The van der Waals surface area contributed by atoms with E-state index in [0.29, 0.717) is 12.4 Å². The highest BCUT2D eigenvalue weighted by atomic mass is 16.1. The van der Waals surface area contributed by atoms with Crippen molar-refractivity contribution < 1.29 is 4.79 Å². The monoisotopic (exact) mass is 325 g/mol. The molecular weight excluding hydrogens is 302 g/mol. The quantitative estimate of drug-likeness (QED) is 0.730. The Morgan fingerprint density at radius 1 is 1.12 bits per heavy atom. The molecule has 0 aliphatic carbocycles. The van der Waals surface area contributed by atoms with Gasteiger partial charge in [-0.05, 0) is 50.2 Å². The van der Waals surface area contributed by atoms with E-state index in [1.165, 1.54) is 5.69 Å². The average molecular weight is 325 g/mol. The summed E-state index contributed by atoms with van der Waals surface area (Å²) in [7, 11) is 0. The van der Waals surface area contributed by atoms with Gasteiger partial charge >= 0.3 is 0 Å². The lowest BCUT2D eigenvalue weighted by Gasteiger charge is -2.21. The fourth-order valence-electron chi connectivity index (χ4n) is 2.27. The van der Waals surface area contributed by atoms with Gasteiger partial charge in [0, 0.05) is 31.0 Å². The summed E-state index contributed by atoms with van der Waals surface area (Å²) in [4.78, 5) is 14.0. The molecular formula is C18H23N5O. The maximum absolute atomic E-state index is 11.7. The lowest BCUT2D eigenvalue weighted by molar-refractivity contribution is 0.0952. The molecule has 0 aliphatic rings. The van der Waals surface area contributed by atoms with Crippen molar-refractivity contribution in [2.75, 3.05) is 29.9 Å².